The van der Waals surface area contributed by atoms with E-state index in [1.807, 2.05) is 58.1 Å². The number of likely N-dealkylation sites (tertiary alicyclic amines) is 1. The molecule has 6 nitrogen and oxygen atoms in total. The molecule has 2 amide bonds. The standard InChI is InChI=1S/C21H19N3O3/c25-20-16-8-4-10-23(16)17-13-22(21(26)19-9-5-11-27-19)14-18(17)24(20)12-15-6-2-1-3-7-15/h1-11,17-18H,12-14H2/t17-,18-/m0/s1. The third-order valence-corrected chi connectivity index (χ3v) is 5.49. The molecule has 0 saturated carbocycles. The van der Waals surface area contributed by atoms with Crippen molar-refractivity contribution < 1.29 is 14.0 Å². The molecule has 2 atom stereocenters. The number of hydrogen-bond acceptors (Lipinski definition) is 3. The van der Waals surface area contributed by atoms with Crippen LogP contribution >= 0.6 is 0 Å². The highest BCUT2D eigenvalue weighted by molar-refractivity contribution is 5.95. The SMILES string of the molecule is O=C(c1ccco1)N1C[C@H]2[C@H](C1)n1cccc1C(=O)N2Cc1ccccc1. The van der Waals surface area contributed by atoms with Gasteiger partial charge in [0.05, 0.1) is 18.3 Å². The van der Waals surface area contributed by atoms with Crippen LogP contribution in [0.1, 0.15) is 32.6 Å². The summed E-state index contributed by atoms with van der Waals surface area (Å²) in [5, 5.41) is 0. The second-order valence-electron chi connectivity index (χ2n) is 7.04. The molecule has 0 radical (unpaired) electrons. The molecule has 0 N–H and O–H groups in total. The summed E-state index contributed by atoms with van der Waals surface area (Å²) in [5.41, 5.74) is 1.76. The maximum absolute atomic E-state index is 13.1. The summed E-state index contributed by atoms with van der Waals surface area (Å²) in [7, 11) is 0. The van der Waals surface area contributed by atoms with E-state index in [-0.39, 0.29) is 23.9 Å². The van der Waals surface area contributed by atoms with Crippen LogP contribution in [0.5, 0.6) is 0 Å². The van der Waals surface area contributed by atoms with Gasteiger partial charge in [-0.2, -0.15) is 0 Å². The van der Waals surface area contributed by atoms with Crippen LogP contribution in [0.4, 0.5) is 0 Å². The van der Waals surface area contributed by atoms with Gasteiger partial charge in [-0.25, -0.2) is 0 Å². The summed E-state index contributed by atoms with van der Waals surface area (Å²) in [5.74, 6) is 0.218. The first-order valence-electron chi connectivity index (χ1n) is 9.07. The van der Waals surface area contributed by atoms with Crippen LogP contribution in [0.15, 0.2) is 71.5 Å². The molecular formula is C21H19N3O3. The number of nitrogens with zero attached hydrogens (tertiary/aromatic N) is 3. The van der Waals surface area contributed by atoms with Crippen molar-refractivity contribution in [2.24, 2.45) is 0 Å². The zero-order valence-corrected chi connectivity index (χ0v) is 14.7. The number of aromatic nitrogens is 1. The van der Waals surface area contributed by atoms with Gasteiger partial charge in [0, 0.05) is 25.8 Å². The zero-order valence-electron chi connectivity index (χ0n) is 14.7. The van der Waals surface area contributed by atoms with Crippen LogP contribution in [0.3, 0.4) is 0 Å². The van der Waals surface area contributed by atoms with Crippen molar-refractivity contribution in [1.29, 1.82) is 0 Å². The second kappa shape index (κ2) is 6.16. The lowest BCUT2D eigenvalue weighted by Crippen LogP contribution is -2.49. The Hall–Kier alpha value is -3.28. The Morgan fingerprint density at radius 1 is 1.00 bits per heavy atom. The minimum Gasteiger partial charge on any atom is -0.459 e. The largest absolute Gasteiger partial charge is 0.459 e. The van der Waals surface area contributed by atoms with E-state index in [0.717, 1.165) is 5.56 Å². The number of carbonyl (C=O) groups is 2. The summed E-state index contributed by atoms with van der Waals surface area (Å²) in [4.78, 5) is 29.6. The summed E-state index contributed by atoms with van der Waals surface area (Å²) in [6.45, 7) is 1.60. The molecule has 2 aliphatic heterocycles. The number of amides is 2. The van der Waals surface area contributed by atoms with Crippen molar-refractivity contribution in [2.45, 2.75) is 18.6 Å². The summed E-state index contributed by atoms with van der Waals surface area (Å²) in [6.07, 6.45) is 3.44. The highest BCUT2D eigenvalue weighted by atomic mass is 16.3. The molecule has 27 heavy (non-hydrogen) atoms. The molecule has 5 rings (SSSR count). The molecule has 0 spiro atoms. The van der Waals surface area contributed by atoms with Crippen LogP contribution in [0.25, 0.3) is 0 Å². The number of hydrogen-bond donors (Lipinski definition) is 0. The van der Waals surface area contributed by atoms with Crippen molar-refractivity contribution in [2.75, 3.05) is 13.1 Å². The lowest BCUT2D eigenvalue weighted by Gasteiger charge is -2.38. The van der Waals surface area contributed by atoms with Crippen LogP contribution in [-0.2, 0) is 6.54 Å². The normalized spacial score (nSPS) is 21.3. The molecule has 1 saturated heterocycles. The van der Waals surface area contributed by atoms with Crippen LogP contribution in [-0.4, -0.2) is 45.3 Å². The Morgan fingerprint density at radius 2 is 1.81 bits per heavy atom. The Balaban J connectivity index is 1.48. The van der Waals surface area contributed by atoms with Crippen LogP contribution in [0.2, 0.25) is 0 Å². The second-order valence-corrected chi connectivity index (χ2v) is 7.04. The van der Waals surface area contributed by atoms with Gasteiger partial charge in [-0.3, -0.25) is 9.59 Å². The maximum atomic E-state index is 13.1. The van der Waals surface area contributed by atoms with E-state index in [4.69, 9.17) is 4.42 Å². The Kier molecular flexibility index (Phi) is 3.63. The molecule has 0 aliphatic carbocycles. The highest BCUT2D eigenvalue weighted by Gasteiger charge is 2.46. The summed E-state index contributed by atoms with van der Waals surface area (Å²) < 4.78 is 7.30. The van der Waals surface area contributed by atoms with Gasteiger partial charge in [0.25, 0.3) is 11.8 Å². The van der Waals surface area contributed by atoms with Gasteiger partial charge >= 0.3 is 0 Å². The van der Waals surface area contributed by atoms with E-state index in [9.17, 15) is 9.59 Å². The topological polar surface area (TPSA) is 58.7 Å². The molecule has 136 valence electrons. The van der Waals surface area contributed by atoms with E-state index < -0.39 is 0 Å². The third-order valence-electron chi connectivity index (χ3n) is 5.49. The monoisotopic (exact) mass is 361 g/mol. The van der Waals surface area contributed by atoms with Gasteiger partial charge in [0.2, 0.25) is 0 Å². The van der Waals surface area contributed by atoms with E-state index in [2.05, 4.69) is 0 Å². The smallest absolute Gasteiger partial charge is 0.289 e. The van der Waals surface area contributed by atoms with Crippen molar-refractivity contribution in [1.82, 2.24) is 14.4 Å². The highest BCUT2D eigenvalue weighted by Crippen LogP contribution is 2.35. The van der Waals surface area contributed by atoms with Gasteiger partial charge in [0.1, 0.15) is 5.69 Å². The average molecular weight is 361 g/mol. The van der Waals surface area contributed by atoms with E-state index >= 15 is 0 Å². The first-order valence-corrected chi connectivity index (χ1v) is 9.07. The average Bonchev–Trinajstić information content (AvgIpc) is 3.45. The maximum Gasteiger partial charge on any atom is 0.289 e. The Labute approximate surface area is 156 Å². The van der Waals surface area contributed by atoms with Crippen molar-refractivity contribution >= 4 is 11.8 Å². The molecule has 2 aromatic heterocycles. The molecule has 4 heterocycles. The van der Waals surface area contributed by atoms with Crippen LogP contribution < -0.4 is 0 Å². The number of rotatable bonds is 3. The minimum absolute atomic E-state index is 0.0115. The van der Waals surface area contributed by atoms with Gasteiger partial charge in [-0.1, -0.05) is 30.3 Å². The fourth-order valence-electron chi connectivity index (χ4n) is 4.20. The number of carbonyl (C=O) groups excluding carboxylic acids is 2. The molecule has 3 aromatic rings. The zero-order chi connectivity index (χ0) is 18.4. The minimum atomic E-state index is -0.129. The third kappa shape index (κ3) is 2.56. The lowest BCUT2D eigenvalue weighted by atomic mass is 10.0. The van der Waals surface area contributed by atoms with Crippen molar-refractivity contribution in [3.63, 3.8) is 0 Å². The predicted octanol–water partition coefficient (Wildman–Crippen LogP) is 2.80. The molecule has 1 aromatic carbocycles. The van der Waals surface area contributed by atoms with Crippen LogP contribution in [0, 0.1) is 0 Å². The van der Waals surface area contributed by atoms with Crippen molar-refractivity contribution in [3.05, 3.63) is 84.1 Å². The Bertz CT molecular complexity index is 977. The Morgan fingerprint density at radius 3 is 2.59 bits per heavy atom. The number of furan rings is 1. The summed E-state index contributed by atoms with van der Waals surface area (Å²) in [6, 6.07) is 17.1. The summed E-state index contributed by atoms with van der Waals surface area (Å²) >= 11 is 0. The van der Waals surface area contributed by atoms with Gasteiger partial charge in [0.15, 0.2) is 5.76 Å². The van der Waals surface area contributed by atoms with Crippen molar-refractivity contribution in [3.8, 4) is 0 Å². The van der Waals surface area contributed by atoms with E-state index in [1.54, 1.807) is 17.0 Å². The van der Waals surface area contributed by atoms with E-state index in [0.29, 0.717) is 31.1 Å². The fourth-order valence-corrected chi connectivity index (χ4v) is 4.20. The molecule has 0 unspecified atom stereocenters. The number of benzene rings is 1. The van der Waals surface area contributed by atoms with Gasteiger partial charge < -0.3 is 18.8 Å². The van der Waals surface area contributed by atoms with Gasteiger partial charge in [-0.15, -0.1) is 0 Å². The molecule has 2 aliphatic rings. The number of fused-ring (bicyclic) bond motifs is 3. The first kappa shape index (κ1) is 15.9. The molecule has 1 fully saturated rings. The quantitative estimate of drug-likeness (QED) is 0.721. The predicted molar refractivity (Wildman–Crippen MR) is 98.2 cm³/mol. The molecule has 0 bridgehead atoms. The molecule has 6 heteroatoms. The van der Waals surface area contributed by atoms with Gasteiger partial charge in [-0.05, 0) is 29.8 Å². The van der Waals surface area contributed by atoms with E-state index in [1.165, 1.54) is 6.26 Å². The lowest BCUT2D eigenvalue weighted by molar-refractivity contribution is 0.0549. The first-order chi connectivity index (χ1) is 13.2. The molecular weight excluding hydrogens is 342 g/mol. The fraction of sp³-hybridized carbons (Fsp3) is 0.238.